The summed E-state index contributed by atoms with van der Waals surface area (Å²) in [6, 6.07) is 0.592. The second-order valence-corrected chi connectivity index (χ2v) is 3.51. The van der Waals surface area contributed by atoms with Gasteiger partial charge in [0.1, 0.15) is 0 Å². The average molecular weight is 158 g/mol. The zero-order chi connectivity index (χ0) is 8.27. The molecule has 0 aromatic carbocycles. The maximum atomic E-state index is 9.00. The summed E-state index contributed by atoms with van der Waals surface area (Å²) >= 11 is 0. The maximum absolute atomic E-state index is 9.00. The molecule has 1 rings (SSSR count). The summed E-state index contributed by atoms with van der Waals surface area (Å²) in [5.41, 5.74) is 0. The highest BCUT2D eigenvalue weighted by Gasteiger charge is 2.18. The number of likely N-dealkylation sites (tertiary alicyclic amines) is 1. The van der Waals surface area contributed by atoms with Gasteiger partial charge in [0.15, 0.2) is 0 Å². The predicted octanol–water partition coefficient (Wildman–Crippen LogP) is -0.339. The highest BCUT2D eigenvalue weighted by molar-refractivity contribution is 4.78. The van der Waals surface area contributed by atoms with Gasteiger partial charge in [-0.3, -0.25) is 0 Å². The fourth-order valence-corrected chi connectivity index (χ4v) is 1.44. The van der Waals surface area contributed by atoms with Gasteiger partial charge >= 0.3 is 0 Å². The van der Waals surface area contributed by atoms with Crippen LogP contribution in [0.1, 0.15) is 13.3 Å². The van der Waals surface area contributed by atoms with Crippen LogP contribution in [0, 0.1) is 0 Å². The van der Waals surface area contributed by atoms with Gasteiger partial charge in [-0.25, -0.2) is 0 Å². The van der Waals surface area contributed by atoms with Gasteiger partial charge in [-0.1, -0.05) is 0 Å². The van der Waals surface area contributed by atoms with Crippen LogP contribution in [-0.4, -0.2) is 48.8 Å². The number of nitrogens with zero attached hydrogens (tertiary/aromatic N) is 1. The molecule has 0 aromatic heterocycles. The lowest BCUT2D eigenvalue weighted by atomic mass is 10.2. The van der Waals surface area contributed by atoms with Gasteiger partial charge in [0, 0.05) is 19.1 Å². The Morgan fingerprint density at radius 1 is 1.73 bits per heavy atom. The first-order valence-corrected chi connectivity index (χ1v) is 4.28. The van der Waals surface area contributed by atoms with Crippen LogP contribution in [0.5, 0.6) is 0 Å². The van der Waals surface area contributed by atoms with Crippen molar-refractivity contribution in [2.45, 2.75) is 25.5 Å². The van der Waals surface area contributed by atoms with Crippen molar-refractivity contribution in [3.05, 3.63) is 0 Å². The van der Waals surface area contributed by atoms with E-state index in [-0.39, 0.29) is 6.10 Å². The van der Waals surface area contributed by atoms with E-state index in [1.807, 2.05) is 6.92 Å². The molecule has 0 aliphatic carbocycles. The summed E-state index contributed by atoms with van der Waals surface area (Å²) in [7, 11) is 2.13. The Bertz CT molecular complexity index is 117. The zero-order valence-corrected chi connectivity index (χ0v) is 7.38. The lowest BCUT2D eigenvalue weighted by molar-refractivity contribution is 0.186. The van der Waals surface area contributed by atoms with Crippen LogP contribution in [0.4, 0.5) is 0 Å². The summed E-state index contributed by atoms with van der Waals surface area (Å²) in [6.07, 6.45) is 0.990. The molecule has 0 amide bonds. The molecule has 3 heteroatoms. The van der Waals surface area contributed by atoms with E-state index in [4.69, 9.17) is 5.11 Å². The third-order valence-electron chi connectivity index (χ3n) is 2.09. The molecule has 11 heavy (non-hydrogen) atoms. The highest BCUT2D eigenvalue weighted by Crippen LogP contribution is 2.05. The van der Waals surface area contributed by atoms with Gasteiger partial charge in [-0.15, -0.1) is 0 Å². The maximum Gasteiger partial charge on any atom is 0.0636 e. The molecule has 1 heterocycles. The Labute approximate surface area is 68.4 Å². The fourth-order valence-electron chi connectivity index (χ4n) is 1.44. The molecule has 3 nitrogen and oxygen atoms in total. The van der Waals surface area contributed by atoms with Crippen molar-refractivity contribution in [2.24, 2.45) is 0 Å². The Morgan fingerprint density at radius 3 is 2.91 bits per heavy atom. The Kier molecular flexibility index (Phi) is 3.30. The van der Waals surface area contributed by atoms with E-state index in [0.717, 1.165) is 13.1 Å². The number of likely N-dealkylation sites (N-methyl/N-ethyl adjacent to an activating group) is 1. The Hall–Kier alpha value is -0.120. The van der Waals surface area contributed by atoms with Crippen LogP contribution in [0.2, 0.25) is 0 Å². The molecule has 1 aliphatic heterocycles. The highest BCUT2D eigenvalue weighted by atomic mass is 16.3. The largest absolute Gasteiger partial charge is 0.392 e. The van der Waals surface area contributed by atoms with Crippen LogP contribution in [0.25, 0.3) is 0 Å². The van der Waals surface area contributed by atoms with Crippen molar-refractivity contribution >= 4 is 0 Å². The third-order valence-corrected chi connectivity index (χ3v) is 2.09. The van der Waals surface area contributed by atoms with Crippen LogP contribution >= 0.6 is 0 Å². The van der Waals surface area contributed by atoms with E-state index in [0.29, 0.717) is 6.04 Å². The van der Waals surface area contributed by atoms with E-state index in [1.165, 1.54) is 13.0 Å². The Balaban J connectivity index is 2.08. The van der Waals surface area contributed by atoms with Crippen molar-refractivity contribution in [2.75, 3.05) is 26.7 Å². The molecule has 1 aliphatic rings. The van der Waals surface area contributed by atoms with Gasteiger partial charge < -0.3 is 15.3 Å². The second kappa shape index (κ2) is 4.04. The van der Waals surface area contributed by atoms with Crippen molar-refractivity contribution in [3.8, 4) is 0 Å². The molecule has 0 saturated carbocycles. The van der Waals surface area contributed by atoms with E-state index in [2.05, 4.69) is 17.3 Å². The van der Waals surface area contributed by atoms with Crippen LogP contribution in [-0.2, 0) is 0 Å². The van der Waals surface area contributed by atoms with Crippen molar-refractivity contribution in [1.29, 1.82) is 0 Å². The quantitative estimate of drug-likeness (QED) is 0.590. The van der Waals surface area contributed by atoms with Crippen molar-refractivity contribution < 1.29 is 5.11 Å². The third kappa shape index (κ3) is 3.18. The van der Waals surface area contributed by atoms with Crippen molar-refractivity contribution in [3.63, 3.8) is 0 Å². The second-order valence-electron chi connectivity index (χ2n) is 3.51. The minimum Gasteiger partial charge on any atom is -0.392 e. The molecule has 0 aromatic rings. The molecule has 0 spiro atoms. The fraction of sp³-hybridized carbons (Fsp3) is 1.00. The molecule has 1 fully saturated rings. The van der Waals surface area contributed by atoms with Crippen molar-refractivity contribution in [1.82, 2.24) is 10.2 Å². The summed E-state index contributed by atoms with van der Waals surface area (Å²) in [6.45, 7) is 4.83. The number of aliphatic hydroxyl groups is 1. The smallest absolute Gasteiger partial charge is 0.0636 e. The lowest BCUT2D eigenvalue weighted by Crippen LogP contribution is -2.36. The Morgan fingerprint density at radius 2 is 2.45 bits per heavy atom. The summed E-state index contributed by atoms with van der Waals surface area (Å²) in [5.74, 6) is 0. The SMILES string of the molecule is C[C@@H](O)CNC1CCN(C)C1. The standard InChI is InChI=1S/C8H18N2O/c1-7(11)5-9-8-3-4-10(2)6-8/h7-9,11H,3-6H2,1-2H3/t7-,8?/m1/s1. The molecule has 66 valence electrons. The first-order valence-electron chi connectivity index (χ1n) is 4.28. The first-order chi connectivity index (χ1) is 5.18. The van der Waals surface area contributed by atoms with Crippen LogP contribution in [0.3, 0.4) is 0 Å². The minimum absolute atomic E-state index is 0.221. The first kappa shape index (κ1) is 8.97. The van der Waals surface area contributed by atoms with Gasteiger partial charge in [0.2, 0.25) is 0 Å². The predicted molar refractivity (Wildman–Crippen MR) is 45.6 cm³/mol. The summed E-state index contributed by atoms with van der Waals surface area (Å²) < 4.78 is 0. The summed E-state index contributed by atoms with van der Waals surface area (Å²) in [4.78, 5) is 2.31. The van der Waals surface area contributed by atoms with E-state index < -0.39 is 0 Å². The van der Waals surface area contributed by atoms with Gasteiger partial charge in [0.25, 0.3) is 0 Å². The summed E-state index contributed by atoms with van der Waals surface area (Å²) in [5, 5.41) is 12.3. The number of rotatable bonds is 3. The monoisotopic (exact) mass is 158 g/mol. The molecular formula is C8H18N2O. The number of aliphatic hydroxyl groups excluding tert-OH is 1. The van der Waals surface area contributed by atoms with Crippen LogP contribution in [0.15, 0.2) is 0 Å². The normalized spacial score (nSPS) is 29.2. The average Bonchev–Trinajstić information content (AvgIpc) is 2.31. The number of hydrogen-bond donors (Lipinski definition) is 2. The zero-order valence-electron chi connectivity index (χ0n) is 7.38. The van der Waals surface area contributed by atoms with E-state index >= 15 is 0 Å². The molecular weight excluding hydrogens is 140 g/mol. The van der Waals surface area contributed by atoms with Gasteiger partial charge in [0.05, 0.1) is 6.10 Å². The molecule has 1 saturated heterocycles. The number of hydrogen-bond acceptors (Lipinski definition) is 3. The molecule has 2 N–H and O–H groups in total. The molecule has 0 radical (unpaired) electrons. The van der Waals surface area contributed by atoms with E-state index in [9.17, 15) is 0 Å². The molecule has 1 unspecified atom stereocenters. The van der Waals surface area contributed by atoms with Gasteiger partial charge in [-0.2, -0.15) is 0 Å². The molecule has 2 atom stereocenters. The van der Waals surface area contributed by atoms with Crippen LogP contribution < -0.4 is 5.32 Å². The molecule has 0 bridgehead atoms. The number of nitrogens with one attached hydrogen (secondary N) is 1. The lowest BCUT2D eigenvalue weighted by Gasteiger charge is -2.13. The van der Waals surface area contributed by atoms with Gasteiger partial charge in [-0.05, 0) is 26.9 Å². The van der Waals surface area contributed by atoms with E-state index in [1.54, 1.807) is 0 Å². The minimum atomic E-state index is -0.221. The topological polar surface area (TPSA) is 35.5 Å².